The predicted molar refractivity (Wildman–Crippen MR) is 67.3 cm³/mol. The van der Waals surface area contributed by atoms with Crippen LogP contribution in [-0.2, 0) is 6.42 Å². The Morgan fingerprint density at radius 3 is 2.75 bits per heavy atom. The number of aliphatic hydroxyl groups is 1. The van der Waals surface area contributed by atoms with Crippen LogP contribution in [0.5, 0.6) is 0 Å². The van der Waals surface area contributed by atoms with Gasteiger partial charge in [-0.2, -0.15) is 0 Å². The number of hydrogen-bond donors (Lipinski definition) is 1. The van der Waals surface area contributed by atoms with Gasteiger partial charge in [-0.05, 0) is 37.7 Å². The maximum absolute atomic E-state index is 10.1. The second-order valence-electron chi connectivity index (χ2n) is 4.61. The van der Waals surface area contributed by atoms with Crippen LogP contribution in [0.25, 0.3) is 0 Å². The smallest absolute Gasteiger partial charge is 0.0605 e. The highest BCUT2D eigenvalue weighted by atomic mass is 16.3. The lowest BCUT2D eigenvalue weighted by Crippen LogP contribution is -2.20. The molecular formula is C15H20O. The van der Waals surface area contributed by atoms with Gasteiger partial charge in [0.05, 0.1) is 6.10 Å². The summed E-state index contributed by atoms with van der Waals surface area (Å²) in [6, 6.07) is 10.4. The van der Waals surface area contributed by atoms with Crippen molar-refractivity contribution in [3.05, 3.63) is 48.0 Å². The van der Waals surface area contributed by atoms with Crippen molar-refractivity contribution in [2.24, 2.45) is 5.92 Å². The van der Waals surface area contributed by atoms with Crippen molar-refractivity contribution in [2.45, 2.75) is 38.2 Å². The lowest BCUT2D eigenvalue weighted by molar-refractivity contribution is 0.113. The maximum Gasteiger partial charge on any atom is 0.0605 e. The van der Waals surface area contributed by atoms with Crippen LogP contribution in [0.1, 0.15) is 31.2 Å². The molecule has 0 fully saturated rings. The molecule has 0 amide bonds. The van der Waals surface area contributed by atoms with Gasteiger partial charge in [-0.15, -0.1) is 0 Å². The van der Waals surface area contributed by atoms with Crippen LogP contribution in [0, 0.1) is 5.92 Å². The van der Waals surface area contributed by atoms with E-state index in [9.17, 15) is 5.11 Å². The summed E-state index contributed by atoms with van der Waals surface area (Å²) in [4.78, 5) is 0. The zero-order valence-corrected chi connectivity index (χ0v) is 9.68. The van der Waals surface area contributed by atoms with Gasteiger partial charge in [-0.3, -0.25) is 0 Å². The molecule has 0 spiro atoms. The van der Waals surface area contributed by atoms with E-state index < -0.39 is 0 Å². The summed E-state index contributed by atoms with van der Waals surface area (Å²) in [5, 5.41) is 10.1. The molecule has 0 heterocycles. The molecule has 0 saturated carbocycles. The van der Waals surface area contributed by atoms with Crippen LogP contribution >= 0.6 is 0 Å². The first-order chi connectivity index (χ1) is 7.86. The van der Waals surface area contributed by atoms with E-state index in [1.54, 1.807) is 0 Å². The second kappa shape index (κ2) is 5.86. The molecule has 1 aromatic rings. The van der Waals surface area contributed by atoms with E-state index in [1.807, 2.05) is 6.07 Å². The van der Waals surface area contributed by atoms with Gasteiger partial charge in [0, 0.05) is 5.92 Å². The molecule has 0 aliphatic heterocycles. The van der Waals surface area contributed by atoms with Gasteiger partial charge in [0.25, 0.3) is 0 Å². The molecule has 16 heavy (non-hydrogen) atoms. The zero-order chi connectivity index (χ0) is 11.2. The van der Waals surface area contributed by atoms with Gasteiger partial charge < -0.3 is 5.11 Å². The van der Waals surface area contributed by atoms with Crippen molar-refractivity contribution in [1.82, 2.24) is 0 Å². The molecular weight excluding hydrogens is 196 g/mol. The Morgan fingerprint density at radius 2 is 2.06 bits per heavy atom. The van der Waals surface area contributed by atoms with Crippen molar-refractivity contribution in [1.29, 1.82) is 0 Å². The monoisotopic (exact) mass is 216 g/mol. The predicted octanol–water partition coefficient (Wildman–Crippen LogP) is 3.34. The molecule has 0 saturated heterocycles. The minimum atomic E-state index is -0.170. The quantitative estimate of drug-likeness (QED) is 0.765. The maximum atomic E-state index is 10.1. The fourth-order valence-electron chi connectivity index (χ4n) is 2.33. The number of hydrogen-bond acceptors (Lipinski definition) is 1. The van der Waals surface area contributed by atoms with E-state index in [0.29, 0.717) is 5.92 Å². The van der Waals surface area contributed by atoms with Crippen LogP contribution in [0.15, 0.2) is 42.5 Å². The molecule has 0 bridgehead atoms. The van der Waals surface area contributed by atoms with E-state index in [0.717, 1.165) is 19.3 Å². The minimum absolute atomic E-state index is 0.170. The molecule has 0 aromatic heterocycles. The highest BCUT2D eigenvalue weighted by molar-refractivity contribution is 5.14. The highest BCUT2D eigenvalue weighted by Gasteiger charge is 2.17. The summed E-state index contributed by atoms with van der Waals surface area (Å²) in [5.74, 6) is 0.387. The Morgan fingerprint density at radius 1 is 1.25 bits per heavy atom. The molecule has 2 rings (SSSR count). The first kappa shape index (κ1) is 11.4. The standard InChI is InChI=1S/C15H20O/c16-15(14-9-5-2-6-10-14)12-11-13-7-3-1-4-8-13/h1,3-5,7-9,14-16H,2,6,10-12H2/t14-,15+/m1/s1. The Kier molecular flexibility index (Phi) is 4.17. The van der Waals surface area contributed by atoms with Crippen LogP contribution in [0.3, 0.4) is 0 Å². The normalized spacial score (nSPS) is 21.9. The minimum Gasteiger partial charge on any atom is -0.393 e. The van der Waals surface area contributed by atoms with Crippen LogP contribution in [0.2, 0.25) is 0 Å². The van der Waals surface area contributed by atoms with E-state index in [4.69, 9.17) is 0 Å². The first-order valence-corrected chi connectivity index (χ1v) is 6.25. The molecule has 2 atom stereocenters. The third-order valence-corrected chi connectivity index (χ3v) is 3.36. The lowest BCUT2D eigenvalue weighted by Gasteiger charge is -2.22. The largest absolute Gasteiger partial charge is 0.393 e. The molecule has 1 aromatic carbocycles. The summed E-state index contributed by atoms with van der Waals surface area (Å²) in [6.07, 6.45) is 9.64. The number of benzene rings is 1. The Bertz CT molecular complexity index is 329. The van der Waals surface area contributed by atoms with Crippen LogP contribution in [0.4, 0.5) is 0 Å². The SMILES string of the molecule is O[C@@H](CCc1ccccc1)[C@@H]1C=CCCC1. The van der Waals surface area contributed by atoms with E-state index in [1.165, 1.54) is 18.4 Å². The van der Waals surface area contributed by atoms with Gasteiger partial charge in [-0.1, -0.05) is 42.5 Å². The lowest BCUT2D eigenvalue weighted by atomic mass is 9.88. The Labute approximate surface area is 97.8 Å². The molecule has 1 nitrogen and oxygen atoms in total. The summed E-state index contributed by atoms with van der Waals surface area (Å²) in [7, 11) is 0. The molecule has 1 heteroatoms. The molecule has 86 valence electrons. The number of aliphatic hydroxyl groups excluding tert-OH is 1. The zero-order valence-electron chi connectivity index (χ0n) is 9.68. The van der Waals surface area contributed by atoms with Crippen molar-refractivity contribution < 1.29 is 5.11 Å². The number of aryl methyl sites for hydroxylation is 1. The number of allylic oxidation sites excluding steroid dienone is 1. The molecule has 0 radical (unpaired) electrons. The van der Waals surface area contributed by atoms with Gasteiger partial charge in [0.1, 0.15) is 0 Å². The van der Waals surface area contributed by atoms with Crippen molar-refractivity contribution in [3.63, 3.8) is 0 Å². The Balaban J connectivity index is 1.81. The number of rotatable bonds is 4. The van der Waals surface area contributed by atoms with Crippen molar-refractivity contribution >= 4 is 0 Å². The topological polar surface area (TPSA) is 20.2 Å². The Hall–Kier alpha value is -1.08. The average Bonchev–Trinajstić information content (AvgIpc) is 2.38. The van der Waals surface area contributed by atoms with Gasteiger partial charge >= 0.3 is 0 Å². The van der Waals surface area contributed by atoms with Gasteiger partial charge in [-0.25, -0.2) is 0 Å². The van der Waals surface area contributed by atoms with Crippen LogP contribution in [-0.4, -0.2) is 11.2 Å². The summed E-state index contributed by atoms with van der Waals surface area (Å²) >= 11 is 0. The fourth-order valence-corrected chi connectivity index (χ4v) is 2.33. The third kappa shape index (κ3) is 3.21. The van der Waals surface area contributed by atoms with E-state index in [2.05, 4.69) is 36.4 Å². The van der Waals surface area contributed by atoms with Gasteiger partial charge in [0.15, 0.2) is 0 Å². The van der Waals surface area contributed by atoms with Crippen molar-refractivity contribution in [3.8, 4) is 0 Å². The fraction of sp³-hybridized carbons (Fsp3) is 0.467. The molecule has 1 N–H and O–H groups in total. The third-order valence-electron chi connectivity index (χ3n) is 3.36. The van der Waals surface area contributed by atoms with Crippen LogP contribution < -0.4 is 0 Å². The second-order valence-corrected chi connectivity index (χ2v) is 4.61. The highest BCUT2D eigenvalue weighted by Crippen LogP contribution is 2.23. The molecule has 0 unspecified atom stereocenters. The average molecular weight is 216 g/mol. The van der Waals surface area contributed by atoms with Crippen molar-refractivity contribution in [2.75, 3.05) is 0 Å². The summed E-state index contributed by atoms with van der Waals surface area (Å²) < 4.78 is 0. The molecule has 1 aliphatic carbocycles. The van der Waals surface area contributed by atoms with E-state index in [-0.39, 0.29) is 6.10 Å². The summed E-state index contributed by atoms with van der Waals surface area (Å²) in [6.45, 7) is 0. The molecule has 1 aliphatic rings. The van der Waals surface area contributed by atoms with Gasteiger partial charge in [0.2, 0.25) is 0 Å². The first-order valence-electron chi connectivity index (χ1n) is 6.25. The van der Waals surface area contributed by atoms with E-state index >= 15 is 0 Å². The summed E-state index contributed by atoms with van der Waals surface area (Å²) in [5.41, 5.74) is 1.32.